The van der Waals surface area contributed by atoms with E-state index in [-0.39, 0.29) is 0 Å². The number of hydrogen-bond acceptors (Lipinski definition) is 5. The van der Waals surface area contributed by atoms with Crippen LogP contribution in [0.15, 0.2) is 23.8 Å². The number of anilines is 1. The highest BCUT2D eigenvalue weighted by Gasteiger charge is 2.08. The normalized spacial score (nSPS) is 9.94. The molecule has 0 atom stereocenters. The van der Waals surface area contributed by atoms with Crippen molar-refractivity contribution in [3.63, 3.8) is 0 Å². The Morgan fingerprint density at radius 1 is 1.47 bits per heavy atom. The minimum absolute atomic E-state index is 0.628. The van der Waals surface area contributed by atoms with Gasteiger partial charge in [0, 0.05) is 18.1 Å². The molecule has 86 valence electrons. The van der Waals surface area contributed by atoms with Crippen molar-refractivity contribution in [3.05, 3.63) is 40.0 Å². The molecular formula is C12H12N4S. The van der Waals surface area contributed by atoms with E-state index < -0.39 is 0 Å². The van der Waals surface area contributed by atoms with Crippen LogP contribution in [0.5, 0.6) is 0 Å². The van der Waals surface area contributed by atoms with Gasteiger partial charge in [-0.3, -0.25) is 0 Å². The summed E-state index contributed by atoms with van der Waals surface area (Å²) in [6, 6.07) is 5.61. The van der Waals surface area contributed by atoms with Crippen LogP contribution >= 0.6 is 11.3 Å². The molecule has 0 aliphatic carbocycles. The number of rotatable bonds is 3. The van der Waals surface area contributed by atoms with E-state index in [0.717, 1.165) is 18.1 Å². The molecule has 17 heavy (non-hydrogen) atoms. The molecule has 0 aromatic carbocycles. The number of pyridine rings is 1. The monoisotopic (exact) mass is 244 g/mol. The highest BCUT2D eigenvalue weighted by Crippen LogP contribution is 2.18. The first kappa shape index (κ1) is 11.6. The third-order valence-corrected chi connectivity index (χ3v) is 3.41. The lowest BCUT2D eigenvalue weighted by Gasteiger charge is -2.17. The number of aryl methyl sites for hydroxylation is 1. The van der Waals surface area contributed by atoms with E-state index in [2.05, 4.69) is 16.0 Å². The maximum absolute atomic E-state index is 8.84. The molecule has 0 radical (unpaired) electrons. The molecular weight excluding hydrogens is 232 g/mol. The Kier molecular flexibility index (Phi) is 3.35. The Morgan fingerprint density at radius 3 is 2.94 bits per heavy atom. The van der Waals surface area contributed by atoms with Gasteiger partial charge in [0.2, 0.25) is 0 Å². The van der Waals surface area contributed by atoms with Crippen molar-refractivity contribution in [3.8, 4) is 6.07 Å². The van der Waals surface area contributed by atoms with Crippen LogP contribution in [-0.4, -0.2) is 17.0 Å². The summed E-state index contributed by atoms with van der Waals surface area (Å²) in [4.78, 5) is 11.7. The molecule has 5 heteroatoms. The molecule has 2 rings (SSSR count). The van der Waals surface area contributed by atoms with Crippen LogP contribution in [0.1, 0.15) is 16.1 Å². The van der Waals surface area contributed by atoms with Gasteiger partial charge in [-0.25, -0.2) is 9.97 Å². The van der Waals surface area contributed by atoms with Gasteiger partial charge >= 0.3 is 0 Å². The van der Waals surface area contributed by atoms with Gasteiger partial charge in [0.15, 0.2) is 0 Å². The fraction of sp³-hybridized carbons (Fsp3) is 0.250. The predicted molar refractivity (Wildman–Crippen MR) is 67.9 cm³/mol. The predicted octanol–water partition coefficient (Wildman–Crippen LogP) is 2.35. The van der Waals surface area contributed by atoms with E-state index in [4.69, 9.17) is 5.26 Å². The molecule has 2 heterocycles. The van der Waals surface area contributed by atoms with E-state index in [1.54, 1.807) is 29.7 Å². The summed E-state index contributed by atoms with van der Waals surface area (Å²) in [6.45, 7) is 2.76. The van der Waals surface area contributed by atoms with E-state index in [0.29, 0.717) is 5.56 Å². The number of nitrogens with zero attached hydrogens (tertiary/aromatic N) is 4. The van der Waals surface area contributed by atoms with Gasteiger partial charge < -0.3 is 4.90 Å². The Bertz CT molecular complexity index is 556. The Balaban J connectivity index is 2.17. The van der Waals surface area contributed by atoms with Crippen molar-refractivity contribution in [2.24, 2.45) is 0 Å². The average molecular weight is 244 g/mol. The summed E-state index contributed by atoms with van der Waals surface area (Å²) >= 11 is 1.64. The molecule has 4 nitrogen and oxygen atoms in total. The molecule has 0 saturated carbocycles. The van der Waals surface area contributed by atoms with Crippen LogP contribution < -0.4 is 4.90 Å². The summed E-state index contributed by atoms with van der Waals surface area (Å²) in [5.41, 5.74) is 3.53. The third kappa shape index (κ3) is 2.60. The number of thiazole rings is 1. The molecule has 0 fully saturated rings. The summed E-state index contributed by atoms with van der Waals surface area (Å²) in [5, 5.41) is 8.84. The minimum atomic E-state index is 0.628. The first-order valence-electron chi connectivity index (χ1n) is 5.17. The zero-order valence-corrected chi connectivity index (χ0v) is 10.5. The maximum atomic E-state index is 8.84. The molecule has 0 spiro atoms. The SMILES string of the molecule is Cc1ncsc1CN(C)c1cc(C#N)ccn1. The topological polar surface area (TPSA) is 52.8 Å². The lowest BCUT2D eigenvalue weighted by molar-refractivity contribution is 0.901. The maximum Gasteiger partial charge on any atom is 0.129 e. The lowest BCUT2D eigenvalue weighted by atomic mass is 10.3. The van der Waals surface area contributed by atoms with Gasteiger partial charge in [-0.15, -0.1) is 11.3 Å². The van der Waals surface area contributed by atoms with E-state index >= 15 is 0 Å². The number of nitriles is 1. The van der Waals surface area contributed by atoms with Crippen molar-refractivity contribution in [2.45, 2.75) is 13.5 Å². The van der Waals surface area contributed by atoms with Crippen molar-refractivity contribution in [1.29, 1.82) is 5.26 Å². The first-order chi connectivity index (χ1) is 8.20. The Morgan fingerprint density at radius 2 is 2.29 bits per heavy atom. The highest BCUT2D eigenvalue weighted by molar-refractivity contribution is 7.09. The van der Waals surface area contributed by atoms with Crippen molar-refractivity contribution >= 4 is 17.2 Å². The minimum Gasteiger partial charge on any atom is -0.354 e. The van der Waals surface area contributed by atoms with Gasteiger partial charge in [0.1, 0.15) is 5.82 Å². The van der Waals surface area contributed by atoms with Gasteiger partial charge in [-0.1, -0.05) is 0 Å². The second-order valence-electron chi connectivity index (χ2n) is 3.73. The zero-order chi connectivity index (χ0) is 12.3. The number of aromatic nitrogens is 2. The average Bonchev–Trinajstić information content (AvgIpc) is 2.75. The molecule has 0 bridgehead atoms. The molecule has 0 aliphatic heterocycles. The van der Waals surface area contributed by atoms with Crippen LogP contribution in [0, 0.1) is 18.3 Å². The molecule has 0 amide bonds. The molecule has 0 aliphatic rings. The molecule has 0 unspecified atom stereocenters. The van der Waals surface area contributed by atoms with Gasteiger partial charge in [0.05, 0.1) is 29.4 Å². The van der Waals surface area contributed by atoms with Gasteiger partial charge in [0.25, 0.3) is 0 Å². The fourth-order valence-corrected chi connectivity index (χ4v) is 2.30. The van der Waals surface area contributed by atoms with Crippen LogP contribution in [0.3, 0.4) is 0 Å². The molecule has 0 saturated heterocycles. The molecule has 2 aromatic rings. The second-order valence-corrected chi connectivity index (χ2v) is 4.67. The summed E-state index contributed by atoms with van der Waals surface area (Å²) in [6.07, 6.45) is 1.66. The first-order valence-corrected chi connectivity index (χ1v) is 6.05. The van der Waals surface area contributed by atoms with Gasteiger partial charge in [-0.05, 0) is 19.1 Å². The van der Waals surface area contributed by atoms with E-state index in [1.807, 2.05) is 24.4 Å². The van der Waals surface area contributed by atoms with Crippen molar-refractivity contribution in [1.82, 2.24) is 9.97 Å². The van der Waals surface area contributed by atoms with Crippen LogP contribution in [0.2, 0.25) is 0 Å². The van der Waals surface area contributed by atoms with Crippen molar-refractivity contribution in [2.75, 3.05) is 11.9 Å². The van der Waals surface area contributed by atoms with Crippen LogP contribution in [0.25, 0.3) is 0 Å². The lowest BCUT2D eigenvalue weighted by Crippen LogP contribution is -2.17. The largest absolute Gasteiger partial charge is 0.354 e. The second kappa shape index (κ2) is 4.93. The summed E-state index contributed by atoms with van der Waals surface area (Å²) in [7, 11) is 1.96. The Labute approximate surface area is 104 Å². The standard InChI is InChI=1S/C12H12N4S/c1-9-11(17-8-15-9)7-16(2)12-5-10(6-13)3-4-14-12/h3-5,8H,7H2,1-2H3. The summed E-state index contributed by atoms with van der Waals surface area (Å²) in [5.74, 6) is 0.803. The fourth-order valence-electron chi connectivity index (χ4n) is 1.47. The van der Waals surface area contributed by atoms with Crippen LogP contribution in [0.4, 0.5) is 5.82 Å². The van der Waals surface area contributed by atoms with E-state index in [9.17, 15) is 0 Å². The van der Waals surface area contributed by atoms with E-state index in [1.165, 1.54) is 4.88 Å². The smallest absolute Gasteiger partial charge is 0.129 e. The van der Waals surface area contributed by atoms with Crippen LogP contribution in [-0.2, 0) is 6.54 Å². The third-order valence-electron chi connectivity index (χ3n) is 2.49. The Hall–Kier alpha value is -1.93. The quantitative estimate of drug-likeness (QED) is 0.831. The molecule has 0 N–H and O–H groups in total. The zero-order valence-electron chi connectivity index (χ0n) is 9.71. The van der Waals surface area contributed by atoms with Crippen molar-refractivity contribution < 1.29 is 0 Å². The number of hydrogen-bond donors (Lipinski definition) is 0. The highest BCUT2D eigenvalue weighted by atomic mass is 32.1. The van der Waals surface area contributed by atoms with Gasteiger partial charge in [-0.2, -0.15) is 5.26 Å². The molecule has 2 aromatic heterocycles. The summed E-state index contributed by atoms with van der Waals surface area (Å²) < 4.78 is 0.